The molecule has 0 aromatic heterocycles. The van der Waals surface area contributed by atoms with Gasteiger partial charge < -0.3 is 15.0 Å². The number of rotatable bonds is 7. The predicted molar refractivity (Wildman–Crippen MR) is 102 cm³/mol. The predicted octanol–water partition coefficient (Wildman–Crippen LogP) is 3.56. The minimum atomic E-state index is -0.0179. The Kier molecular flexibility index (Phi) is 6.70. The van der Waals surface area contributed by atoms with Gasteiger partial charge >= 0.3 is 0 Å². The molecular weight excluding hydrogens is 403 g/mol. The zero-order chi connectivity index (χ0) is 16.7. The van der Waals surface area contributed by atoms with E-state index in [1.54, 1.807) is 7.11 Å². The quantitative estimate of drug-likeness (QED) is 0.546. The lowest BCUT2D eigenvalue weighted by Crippen LogP contribution is -2.28. The Morgan fingerprint density at radius 2 is 1.96 bits per heavy atom. The van der Waals surface area contributed by atoms with Gasteiger partial charge in [-0.3, -0.25) is 4.79 Å². The second-order valence-corrected chi connectivity index (χ2v) is 6.49. The number of carbonyl (C=O) groups excluding carboxylic acids is 1. The number of methoxy groups -OCH3 is 1. The van der Waals surface area contributed by atoms with Crippen molar-refractivity contribution in [1.82, 2.24) is 5.32 Å². The summed E-state index contributed by atoms with van der Waals surface area (Å²) < 4.78 is 6.22. The fourth-order valence-corrected chi connectivity index (χ4v) is 2.76. The smallest absolute Gasteiger partial charge is 0.251 e. The molecule has 1 N–H and O–H groups in total. The van der Waals surface area contributed by atoms with Crippen LogP contribution in [0.1, 0.15) is 16.8 Å². The van der Waals surface area contributed by atoms with E-state index in [2.05, 4.69) is 32.8 Å². The van der Waals surface area contributed by atoms with Gasteiger partial charge in [-0.05, 0) is 71.5 Å². The maximum atomic E-state index is 12.0. The number of hydrogen-bond acceptors (Lipinski definition) is 3. The lowest BCUT2D eigenvalue weighted by atomic mass is 10.2. The first-order valence-electron chi connectivity index (χ1n) is 7.49. The number of benzene rings is 2. The van der Waals surface area contributed by atoms with Crippen LogP contribution in [0.25, 0.3) is 0 Å². The molecule has 1 amide bonds. The molecule has 5 heteroatoms. The van der Waals surface area contributed by atoms with E-state index < -0.39 is 0 Å². The summed E-state index contributed by atoms with van der Waals surface area (Å²) in [6.07, 6.45) is 0.887. The highest BCUT2D eigenvalue weighted by Gasteiger charge is 2.05. The van der Waals surface area contributed by atoms with Crippen LogP contribution in [0.2, 0.25) is 0 Å². The average Bonchev–Trinajstić information content (AvgIpc) is 2.58. The maximum absolute atomic E-state index is 12.0. The van der Waals surface area contributed by atoms with Gasteiger partial charge in [0.25, 0.3) is 5.91 Å². The third-order valence-corrected chi connectivity index (χ3v) is 4.23. The van der Waals surface area contributed by atoms with Gasteiger partial charge in [0, 0.05) is 35.0 Å². The highest BCUT2D eigenvalue weighted by Crippen LogP contribution is 2.18. The fraction of sp³-hybridized carbons (Fsp3) is 0.278. The van der Waals surface area contributed by atoms with Crippen molar-refractivity contribution < 1.29 is 9.53 Å². The lowest BCUT2D eigenvalue weighted by molar-refractivity contribution is 0.0953. The summed E-state index contributed by atoms with van der Waals surface area (Å²) in [6.45, 7) is 1.53. The van der Waals surface area contributed by atoms with E-state index >= 15 is 0 Å². The van der Waals surface area contributed by atoms with E-state index in [0.717, 1.165) is 28.0 Å². The molecule has 2 rings (SSSR count). The van der Waals surface area contributed by atoms with Gasteiger partial charge in [0.15, 0.2) is 0 Å². The molecular formula is C18H21IN2O2. The molecule has 0 heterocycles. The summed E-state index contributed by atoms with van der Waals surface area (Å²) in [7, 11) is 3.71. The molecule has 0 fully saturated rings. The van der Waals surface area contributed by atoms with E-state index in [1.807, 2.05) is 55.6 Å². The van der Waals surface area contributed by atoms with E-state index in [0.29, 0.717) is 12.1 Å². The number of nitrogens with one attached hydrogen (secondary N) is 1. The molecule has 0 saturated heterocycles. The molecule has 0 aliphatic heterocycles. The number of ether oxygens (including phenoxy) is 1. The first-order chi connectivity index (χ1) is 11.1. The molecule has 0 saturated carbocycles. The van der Waals surface area contributed by atoms with Gasteiger partial charge in [-0.15, -0.1) is 0 Å². The van der Waals surface area contributed by atoms with Crippen molar-refractivity contribution in [2.24, 2.45) is 0 Å². The Morgan fingerprint density at radius 3 is 2.61 bits per heavy atom. The Labute approximate surface area is 151 Å². The van der Waals surface area contributed by atoms with Crippen molar-refractivity contribution in [3.8, 4) is 5.75 Å². The van der Waals surface area contributed by atoms with Crippen LogP contribution in [0, 0.1) is 3.57 Å². The third kappa shape index (κ3) is 5.42. The highest BCUT2D eigenvalue weighted by atomic mass is 127. The average molecular weight is 424 g/mol. The van der Waals surface area contributed by atoms with Gasteiger partial charge in [-0.2, -0.15) is 0 Å². The molecule has 4 nitrogen and oxygen atoms in total. The zero-order valence-corrected chi connectivity index (χ0v) is 15.5. The number of halogens is 1. The second-order valence-electron chi connectivity index (χ2n) is 5.24. The van der Waals surface area contributed by atoms with Gasteiger partial charge in [0.1, 0.15) is 5.75 Å². The molecule has 2 aromatic rings. The van der Waals surface area contributed by atoms with Crippen LogP contribution in [0.3, 0.4) is 0 Å². The molecule has 2 aromatic carbocycles. The molecule has 0 atom stereocenters. The highest BCUT2D eigenvalue weighted by molar-refractivity contribution is 14.1. The minimum absolute atomic E-state index is 0.0179. The topological polar surface area (TPSA) is 41.6 Å². The maximum Gasteiger partial charge on any atom is 0.251 e. The van der Waals surface area contributed by atoms with Crippen LogP contribution in [-0.4, -0.2) is 33.2 Å². The Morgan fingerprint density at radius 1 is 1.22 bits per heavy atom. The number of nitrogens with zero attached hydrogens (tertiary/aromatic N) is 1. The number of hydrogen-bond donors (Lipinski definition) is 1. The second kappa shape index (κ2) is 8.76. The summed E-state index contributed by atoms with van der Waals surface area (Å²) in [5.41, 5.74) is 1.84. The Balaban J connectivity index is 1.75. The molecule has 0 bridgehead atoms. The Hall–Kier alpha value is -1.76. The van der Waals surface area contributed by atoms with Crippen LogP contribution in [0.4, 0.5) is 5.69 Å². The third-order valence-electron chi connectivity index (χ3n) is 3.56. The lowest BCUT2D eigenvalue weighted by Gasteiger charge is -2.19. The minimum Gasteiger partial charge on any atom is -0.497 e. The molecule has 0 unspecified atom stereocenters. The molecule has 122 valence electrons. The van der Waals surface area contributed by atoms with Crippen LogP contribution < -0.4 is 15.0 Å². The van der Waals surface area contributed by atoms with Gasteiger partial charge in [0.05, 0.1) is 7.11 Å². The number of amides is 1. The SMILES string of the molecule is COc1ccc(N(C)CCCNC(=O)c2cccc(I)c2)cc1. The number of carbonyl (C=O) groups is 1. The van der Waals surface area contributed by atoms with Gasteiger partial charge in [-0.25, -0.2) is 0 Å². The normalized spacial score (nSPS) is 10.2. The van der Waals surface area contributed by atoms with E-state index in [4.69, 9.17) is 4.74 Å². The zero-order valence-electron chi connectivity index (χ0n) is 13.4. The fourth-order valence-electron chi connectivity index (χ4n) is 2.22. The summed E-state index contributed by atoms with van der Waals surface area (Å²) >= 11 is 2.21. The monoisotopic (exact) mass is 424 g/mol. The van der Waals surface area contributed by atoms with Gasteiger partial charge in [-0.1, -0.05) is 6.07 Å². The molecule has 23 heavy (non-hydrogen) atoms. The van der Waals surface area contributed by atoms with E-state index in [9.17, 15) is 4.79 Å². The largest absolute Gasteiger partial charge is 0.497 e. The molecule has 0 aliphatic rings. The van der Waals surface area contributed by atoms with Crippen molar-refractivity contribution >= 4 is 34.2 Å². The molecule has 0 aliphatic carbocycles. The summed E-state index contributed by atoms with van der Waals surface area (Å²) in [6, 6.07) is 15.6. The Bertz CT molecular complexity index is 644. The van der Waals surface area contributed by atoms with Crippen molar-refractivity contribution in [3.63, 3.8) is 0 Å². The van der Waals surface area contributed by atoms with Crippen LogP contribution in [0.5, 0.6) is 5.75 Å². The van der Waals surface area contributed by atoms with E-state index in [1.165, 1.54) is 0 Å². The molecule has 0 spiro atoms. The first-order valence-corrected chi connectivity index (χ1v) is 8.57. The van der Waals surface area contributed by atoms with Crippen molar-refractivity contribution in [3.05, 3.63) is 57.7 Å². The van der Waals surface area contributed by atoms with Gasteiger partial charge in [0.2, 0.25) is 0 Å². The standard InChI is InChI=1S/C18H21IN2O2/c1-21(16-7-9-17(23-2)10-8-16)12-4-11-20-18(22)14-5-3-6-15(19)13-14/h3,5-10,13H,4,11-12H2,1-2H3,(H,20,22). The van der Waals surface area contributed by atoms with Crippen LogP contribution in [-0.2, 0) is 0 Å². The van der Waals surface area contributed by atoms with Crippen molar-refractivity contribution in [1.29, 1.82) is 0 Å². The summed E-state index contributed by atoms with van der Waals surface area (Å²) in [5.74, 6) is 0.836. The molecule has 0 radical (unpaired) electrons. The van der Waals surface area contributed by atoms with Crippen molar-refractivity contribution in [2.45, 2.75) is 6.42 Å². The number of anilines is 1. The summed E-state index contributed by atoms with van der Waals surface area (Å²) in [4.78, 5) is 14.2. The first kappa shape index (κ1) is 17.6. The van der Waals surface area contributed by atoms with E-state index in [-0.39, 0.29) is 5.91 Å². The summed E-state index contributed by atoms with van der Waals surface area (Å²) in [5, 5.41) is 2.96. The van der Waals surface area contributed by atoms with Crippen LogP contribution in [0.15, 0.2) is 48.5 Å². The van der Waals surface area contributed by atoms with Crippen LogP contribution >= 0.6 is 22.6 Å². The van der Waals surface area contributed by atoms with Crippen molar-refractivity contribution in [2.75, 3.05) is 32.1 Å².